The minimum Gasteiger partial charge on any atom is -0.377 e. The number of piperidine rings is 1. The molecule has 3 heterocycles. The van der Waals surface area contributed by atoms with E-state index >= 15 is 0 Å². The molecule has 2 fully saturated rings. The molecule has 6 heteroatoms. The van der Waals surface area contributed by atoms with E-state index < -0.39 is 0 Å². The second-order valence-electron chi connectivity index (χ2n) is 7.36. The number of likely N-dealkylation sites (tertiary alicyclic amines) is 1. The van der Waals surface area contributed by atoms with E-state index in [9.17, 15) is 4.79 Å². The average molecular weight is 334 g/mol. The van der Waals surface area contributed by atoms with Crippen LogP contribution in [0.2, 0.25) is 0 Å². The van der Waals surface area contributed by atoms with Crippen molar-refractivity contribution in [1.82, 2.24) is 19.7 Å². The molecule has 0 bridgehead atoms. The highest BCUT2D eigenvalue weighted by molar-refractivity contribution is 5.79. The first-order chi connectivity index (χ1) is 11.6. The zero-order valence-electron chi connectivity index (χ0n) is 15.1. The lowest BCUT2D eigenvalue weighted by atomic mass is 9.89. The van der Waals surface area contributed by atoms with Gasteiger partial charge in [-0.2, -0.15) is 0 Å². The first-order valence-electron chi connectivity index (χ1n) is 9.41. The molecule has 0 aliphatic carbocycles. The summed E-state index contributed by atoms with van der Waals surface area (Å²) >= 11 is 0. The van der Waals surface area contributed by atoms with Crippen molar-refractivity contribution >= 4 is 5.91 Å². The van der Waals surface area contributed by atoms with Gasteiger partial charge in [0.25, 0.3) is 0 Å². The van der Waals surface area contributed by atoms with Gasteiger partial charge in [-0.25, -0.2) is 0 Å². The van der Waals surface area contributed by atoms with E-state index in [2.05, 4.69) is 40.4 Å². The number of amides is 1. The third-order valence-electron chi connectivity index (χ3n) is 5.49. The summed E-state index contributed by atoms with van der Waals surface area (Å²) in [5, 5.41) is 8.42. The Bertz CT molecular complexity index is 549. The number of nitrogens with zero attached hydrogens (tertiary/aromatic N) is 4. The Morgan fingerprint density at radius 3 is 2.75 bits per heavy atom. The molecule has 1 amide bonds. The molecular formula is C18H30N4O2. The molecule has 24 heavy (non-hydrogen) atoms. The molecule has 0 aromatic carbocycles. The minimum atomic E-state index is 0.0552. The Balaban J connectivity index is 1.60. The van der Waals surface area contributed by atoms with E-state index in [1.165, 1.54) is 0 Å². The van der Waals surface area contributed by atoms with Gasteiger partial charge >= 0.3 is 0 Å². The molecule has 3 rings (SSSR count). The largest absolute Gasteiger partial charge is 0.377 e. The molecule has 0 unspecified atom stereocenters. The molecule has 0 saturated carbocycles. The van der Waals surface area contributed by atoms with Gasteiger partial charge in [0, 0.05) is 31.7 Å². The zero-order valence-corrected chi connectivity index (χ0v) is 15.1. The maximum atomic E-state index is 12.9. The Hall–Kier alpha value is -1.43. The molecule has 2 aliphatic rings. The molecule has 134 valence electrons. The third-order valence-corrected chi connectivity index (χ3v) is 5.49. The maximum absolute atomic E-state index is 12.9. The minimum absolute atomic E-state index is 0.0552. The van der Waals surface area contributed by atoms with Crippen LogP contribution in [0.1, 0.15) is 70.7 Å². The van der Waals surface area contributed by atoms with Gasteiger partial charge in [-0.3, -0.25) is 4.79 Å². The summed E-state index contributed by atoms with van der Waals surface area (Å²) < 4.78 is 7.96. The first-order valence-corrected chi connectivity index (χ1v) is 9.41. The lowest BCUT2D eigenvalue weighted by Gasteiger charge is -2.37. The van der Waals surface area contributed by atoms with Crippen molar-refractivity contribution in [2.24, 2.45) is 5.92 Å². The zero-order chi connectivity index (χ0) is 17.1. The highest BCUT2D eigenvalue weighted by Crippen LogP contribution is 2.31. The fourth-order valence-electron chi connectivity index (χ4n) is 4.06. The molecule has 1 aromatic heterocycles. The summed E-state index contributed by atoms with van der Waals surface area (Å²) in [5.41, 5.74) is 0. The fourth-order valence-corrected chi connectivity index (χ4v) is 4.06. The summed E-state index contributed by atoms with van der Waals surface area (Å²) in [4.78, 5) is 15.0. The Labute approximate surface area is 144 Å². The van der Waals surface area contributed by atoms with Crippen molar-refractivity contribution in [3.8, 4) is 0 Å². The lowest BCUT2D eigenvalue weighted by molar-refractivity contribution is -0.146. The van der Waals surface area contributed by atoms with E-state index in [0.717, 1.165) is 57.6 Å². The Kier molecular flexibility index (Phi) is 5.54. The standard InChI is InChI=1S/C18H30N4O2/c1-4-16-15(6-5-11-24-16)18(23)21-9-7-14(8-10-21)17-20-19-12-22(17)13(2)3/h12-16H,4-11H2,1-3H3/t15-,16+/m0/s1. The van der Waals surface area contributed by atoms with Gasteiger partial charge in [-0.1, -0.05) is 6.92 Å². The van der Waals surface area contributed by atoms with Crippen LogP contribution in [0.15, 0.2) is 6.33 Å². The van der Waals surface area contributed by atoms with Crippen LogP contribution in [0.5, 0.6) is 0 Å². The molecule has 0 spiro atoms. The molecule has 6 nitrogen and oxygen atoms in total. The van der Waals surface area contributed by atoms with Crippen LogP contribution in [0, 0.1) is 5.92 Å². The summed E-state index contributed by atoms with van der Waals surface area (Å²) in [6.07, 6.45) is 6.77. The second kappa shape index (κ2) is 7.64. The first kappa shape index (κ1) is 17.4. The second-order valence-corrected chi connectivity index (χ2v) is 7.36. The van der Waals surface area contributed by atoms with Crippen LogP contribution in [-0.2, 0) is 9.53 Å². The van der Waals surface area contributed by atoms with Gasteiger partial charge in [0.15, 0.2) is 0 Å². The normalized spacial score (nSPS) is 26.1. The van der Waals surface area contributed by atoms with Crippen LogP contribution in [-0.4, -0.2) is 51.4 Å². The van der Waals surface area contributed by atoms with E-state index in [-0.39, 0.29) is 12.0 Å². The average Bonchev–Trinajstić information content (AvgIpc) is 3.11. The molecule has 0 radical (unpaired) electrons. The highest BCUT2D eigenvalue weighted by Gasteiger charge is 2.35. The van der Waals surface area contributed by atoms with Crippen molar-refractivity contribution in [3.05, 3.63) is 12.2 Å². The monoisotopic (exact) mass is 334 g/mol. The predicted octanol–water partition coefficient (Wildman–Crippen LogP) is 2.77. The highest BCUT2D eigenvalue weighted by atomic mass is 16.5. The van der Waals surface area contributed by atoms with Crippen LogP contribution < -0.4 is 0 Å². The van der Waals surface area contributed by atoms with E-state index in [1.54, 1.807) is 0 Å². The summed E-state index contributed by atoms with van der Waals surface area (Å²) in [7, 11) is 0. The number of hydrogen-bond donors (Lipinski definition) is 0. The van der Waals surface area contributed by atoms with Crippen LogP contribution in [0.4, 0.5) is 0 Å². The molecule has 1 aromatic rings. The summed E-state index contributed by atoms with van der Waals surface area (Å²) in [6.45, 7) is 8.86. The summed E-state index contributed by atoms with van der Waals surface area (Å²) in [6, 6.07) is 0.374. The van der Waals surface area contributed by atoms with Crippen molar-refractivity contribution in [3.63, 3.8) is 0 Å². The molecule has 2 atom stereocenters. The van der Waals surface area contributed by atoms with Crippen LogP contribution >= 0.6 is 0 Å². The molecule has 2 saturated heterocycles. The van der Waals surface area contributed by atoms with E-state index in [0.29, 0.717) is 17.9 Å². The van der Waals surface area contributed by atoms with Gasteiger partial charge in [-0.05, 0) is 46.0 Å². The Morgan fingerprint density at radius 2 is 2.08 bits per heavy atom. The topological polar surface area (TPSA) is 60.2 Å². The van der Waals surface area contributed by atoms with Gasteiger partial charge < -0.3 is 14.2 Å². The number of aromatic nitrogens is 3. The van der Waals surface area contributed by atoms with Crippen molar-refractivity contribution in [1.29, 1.82) is 0 Å². The van der Waals surface area contributed by atoms with Crippen molar-refractivity contribution < 1.29 is 9.53 Å². The lowest BCUT2D eigenvalue weighted by Crippen LogP contribution is -2.46. The van der Waals surface area contributed by atoms with E-state index in [1.807, 2.05) is 6.33 Å². The van der Waals surface area contributed by atoms with Gasteiger partial charge in [0.1, 0.15) is 12.2 Å². The molecule has 0 N–H and O–H groups in total. The number of ether oxygens (including phenoxy) is 1. The van der Waals surface area contributed by atoms with Crippen LogP contribution in [0.3, 0.4) is 0 Å². The Morgan fingerprint density at radius 1 is 1.33 bits per heavy atom. The predicted molar refractivity (Wildman–Crippen MR) is 91.7 cm³/mol. The van der Waals surface area contributed by atoms with Gasteiger partial charge in [0.2, 0.25) is 5.91 Å². The molecule has 2 aliphatic heterocycles. The SMILES string of the molecule is CC[C@H]1OCCC[C@@H]1C(=O)N1CCC(c2nncn2C(C)C)CC1. The number of rotatable bonds is 4. The third kappa shape index (κ3) is 3.48. The van der Waals surface area contributed by atoms with Crippen LogP contribution in [0.25, 0.3) is 0 Å². The number of carbonyl (C=O) groups is 1. The number of carbonyl (C=O) groups excluding carboxylic acids is 1. The van der Waals surface area contributed by atoms with Crippen molar-refractivity contribution in [2.75, 3.05) is 19.7 Å². The van der Waals surface area contributed by atoms with Gasteiger partial charge in [0.05, 0.1) is 12.0 Å². The summed E-state index contributed by atoms with van der Waals surface area (Å²) in [5.74, 6) is 1.83. The smallest absolute Gasteiger partial charge is 0.228 e. The number of hydrogen-bond acceptors (Lipinski definition) is 4. The van der Waals surface area contributed by atoms with E-state index in [4.69, 9.17) is 4.74 Å². The van der Waals surface area contributed by atoms with Crippen molar-refractivity contribution in [2.45, 2.75) is 70.9 Å². The fraction of sp³-hybridized carbons (Fsp3) is 0.833. The quantitative estimate of drug-likeness (QED) is 0.849. The molecular weight excluding hydrogens is 304 g/mol. The maximum Gasteiger partial charge on any atom is 0.228 e. The van der Waals surface area contributed by atoms with Gasteiger partial charge in [-0.15, -0.1) is 10.2 Å².